The van der Waals surface area contributed by atoms with Crippen LogP contribution in [0, 0.1) is 10.6 Å². The van der Waals surface area contributed by atoms with Gasteiger partial charge < -0.3 is 4.74 Å². The monoisotopic (exact) mass is 266 g/mol. The lowest BCUT2D eigenvalue weighted by Gasteiger charge is -1.93. The molecule has 0 aliphatic heterocycles. The molecule has 0 bridgehead atoms. The highest BCUT2D eigenvalue weighted by atomic mass is 127. The van der Waals surface area contributed by atoms with Crippen LogP contribution in [0.3, 0.4) is 0 Å². The summed E-state index contributed by atoms with van der Waals surface area (Å²) in [6.45, 7) is 1.82. The molecule has 0 unspecified atom stereocenters. The zero-order valence-corrected chi connectivity index (χ0v) is 8.30. The zero-order valence-electron chi connectivity index (χ0n) is 6.14. The van der Waals surface area contributed by atoms with Gasteiger partial charge in [0.05, 0.1) is 10.8 Å². The van der Waals surface area contributed by atoms with E-state index in [1.807, 2.05) is 6.92 Å². The molecular formula is C6H7IN2O2. The number of rotatable bonds is 1. The van der Waals surface area contributed by atoms with E-state index >= 15 is 0 Å². The highest BCUT2D eigenvalue weighted by molar-refractivity contribution is 14.1. The summed E-state index contributed by atoms with van der Waals surface area (Å²) in [7, 11) is 1.34. The maximum absolute atomic E-state index is 10.9. The number of esters is 1. The maximum Gasteiger partial charge on any atom is 0.358 e. The Labute approximate surface area is 77.5 Å². The molecule has 0 atom stereocenters. The van der Waals surface area contributed by atoms with Crippen LogP contribution in [-0.2, 0) is 4.74 Å². The van der Waals surface area contributed by atoms with Gasteiger partial charge in [-0.15, -0.1) is 0 Å². The Balaban J connectivity index is 3.04. The Kier molecular flexibility index (Phi) is 2.48. The SMILES string of the molecule is COC(=O)c1n[nH]c(I)c1C. The topological polar surface area (TPSA) is 55.0 Å². The second-order valence-electron chi connectivity index (χ2n) is 2.00. The molecule has 60 valence electrons. The lowest BCUT2D eigenvalue weighted by molar-refractivity contribution is 0.0593. The number of nitrogens with one attached hydrogen (secondary N) is 1. The van der Waals surface area contributed by atoms with E-state index in [9.17, 15) is 4.79 Å². The van der Waals surface area contributed by atoms with E-state index in [0.29, 0.717) is 5.69 Å². The second-order valence-corrected chi connectivity index (χ2v) is 3.08. The summed E-state index contributed by atoms with van der Waals surface area (Å²) < 4.78 is 5.37. The molecular weight excluding hydrogens is 259 g/mol. The number of aromatic nitrogens is 2. The van der Waals surface area contributed by atoms with Gasteiger partial charge in [-0.3, -0.25) is 5.10 Å². The first kappa shape index (κ1) is 8.51. The Morgan fingerprint density at radius 3 is 2.73 bits per heavy atom. The van der Waals surface area contributed by atoms with Crippen LogP contribution in [0.15, 0.2) is 0 Å². The van der Waals surface area contributed by atoms with E-state index in [1.54, 1.807) is 0 Å². The first-order valence-electron chi connectivity index (χ1n) is 2.95. The molecule has 0 aliphatic carbocycles. The molecule has 11 heavy (non-hydrogen) atoms. The van der Waals surface area contributed by atoms with Crippen molar-refractivity contribution in [2.75, 3.05) is 7.11 Å². The van der Waals surface area contributed by atoms with Gasteiger partial charge in [-0.2, -0.15) is 5.10 Å². The molecule has 0 saturated carbocycles. The fraction of sp³-hybridized carbons (Fsp3) is 0.333. The Bertz CT molecular complexity index is 282. The van der Waals surface area contributed by atoms with Crippen molar-refractivity contribution >= 4 is 28.6 Å². The van der Waals surface area contributed by atoms with Gasteiger partial charge in [0.25, 0.3) is 0 Å². The van der Waals surface area contributed by atoms with Crippen LogP contribution in [0.2, 0.25) is 0 Å². The maximum atomic E-state index is 10.9. The molecule has 0 radical (unpaired) electrons. The van der Waals surface area contributed by atoms with Crippen LogP contribution in [0.1, 0.15) is 16.1 Å². The fourth-order valence-electron chi connectivity index (χ4n) is 0.672. The van der Waals surface area contributed by atoms with E-state index < -0.39 is 5.97 Å². The quantitative estimate of drug-likeness (QED) is 0.612. The van der Waals surface area contributed by atoms with E-state index in [0.717, 1.165) is 9.26 Å². The number of aromatic amines is 1. The number of carbonyl (C=O) groups excluding carboxylic acids is 1. The van der Waals surface area contributed by atoms with Gasteiger partial charge >= 0.3 is 5.97 Å². The van der Waals surface area contributed by atoms with Crippen molar-refractivity contribution in [3.05, 3.63) is 15.0 Å². The Morgan fingerprint density at radius 2 is 2.36 bits per heavy atom. The van der Waals surface area contributed by atoms with Gasteiger partial charge in [0.2, 0.25) is 0 Å². The second kappa shape index (κ2) is 3.21. The number of ether oxygens (including phenoxy) is 1. The zero-order chi connectivity index (χ0) is 8.43. The number of halogens is 1. The lowest BCUT2D eigenvalue weighted by Crippen LogP contribution is -2.03. The van der Waals surface area contributed by atoms with Crippen LogP contribution >= 0.6 is 22.6 Å². The number of nitrogens with zero attached hydrogens (tertiary/aromatic N) is 1. The van der Waals surface area contributed by atoms with Crippen molar-refractivity contribution < 1.29 is 9.53 Å². The number of methoxy groups -OCH3 is 1. The predicted octanol–water partition coefficient (Wildman–Crippen LogP) is 1.11. The third-order valence-electron chi connectivity index (χ3n) is 1.33. The average Bonchev–Trinajstić information content (AvgIpc) is 2.32. The molecule has 1 rings (SSSR count). The summed E-state index contributed by atoms with van der Waals surface area (Å²) in [4.78, 5) is 10.9. The van der Waals surface area contributed by atoms with E-state index in [-0.39, 0.29) is 0 Å². The van der Waals surface area contributed by atoms with E-state index in [4.69, 9.17) is 0 Å². The van der Waals surface area contributed by atoms with Crippen LogP contribution in [0.5, 0.6) is 0 Å². The Morgan fingerprint density at radius 1 is 1.73 bits per heavy atom. The minimum atomic E-state index is -0.401. The van der Waals surface area contributed by atoms with Gasteiger partial charge in [0.15, 0.2) is 5.69 Å². The van der Waals surface area contributed by atoms with Crippen LogP contribution in [0.25, 0.3) is 0 Å². The molecule has 0 spiro atoms. The molecule has 1 aromatic rings. The third kappa shape index (κ3) is 1.52. The van der Waals surface area contributed by atoms with Crippen molar-refractivity contribution in [1.82, 2.24) is 10.2 Å². The van der Waals surface area contributed by atoms with Crippen molar-refractivity contribution in [2.24, 2.45) is 0 Å². The molecule has 1 N–H and O–H groups in total. The molecule has 0 aromatic carbocycles. The predicted molar refractivity (Wildman–Crippen MR) is 47.4 cm³/mol. The molecule has 5 heteroatoms. The summed E-state index contributed by atoms with van der Waals surface area (Å²) in [6.07, 6.45) is 0. The largest absolute Gasteiger partial charge is 0.464 e. The molecule has 1 heterocycles. The van der Waals surface area contributed by atoms with Crippen molar-refractivity contribution in [3.8, 4) is 0 Å². The van der Waals surface area contributed by atoms with E-state index in [1.165, 1.54) is 7.11 Å². The summed E-state index contributed by atoms with van der Waals surface area (Å²) in [5.74, 6) is -0.401. The van der Waals surface area contributed by atoms with Crippen molar-refractivity contribution in [2.45, 2.75) is 6.92 Å². The summed E-state index contributed by atoms with van der Waals surface area (Å²) in [5, 5.41) is 6.47. The van der Waals surface area contributed by atoms with Gasteiger partial charge in [-0.1, -0.05) is 0 Å². The van der Waals surface area contributed by atoms with Crippen LogP contribution in [0.4, 0.5) is 0 Å². The van der Waals surface area contributed by atoms with Gasteiger partial charge in [0.1, 0.15) is 0 Å². The minimum Gasteiger partial charge on any atom is -0.464 e. The highest BCUT2D eigenvalue weighted by Gasteiger charge is 2.14. The fourth-order valence-corrected chi connectivity index (χ4v) is 1.05. The van der Waals surface area contributed by atoms with Gasteiger partial charge in [-0.25, -0.2) is 4.79 Å². The minimum absolute atomic E-state index is 0.358. The number of hydrogen-bond donors (Lipinski definition) is 1. The van der Waals surface area contributed by atoms with Crippen molar-refractivity contribution in [3.63, 3.8) is 0 Å². The summed E-state index contributed by atoms with van der Waals surface area (Å²) in [6, 6.07) is 0. The third-order valence-corrected chi connectivity index (χ3v) is 2.38. The van der Waals surface area contributed by atoms with Crippen LogP contribution in [-0.4, -0.2) is 23.3 Å². The summed E-state index contributed by atoms with van der Waals surface area (Å²) >= 11 is 2.07. The smallest absolute Gasteiger partial charge is 0.358 e. The molecule has 0 aliphatic rings. The summed E-state index contributed by atoms with van der Waals surface area (Å²) in [5.41, 5.74) is 1.19. The number of H-pyrrole nitrogens is 1. The first-order valence-corrected chi connectivity index (χ1v) is 4.03. The molecule has 4 nitrogen and oxygen atoms in total. The molecule has 0 saturated heterocycles. The lowest BCUT2D eigenvalue weighted by atomic mass is 10.3. The molecule has 1 aromatic heterocycles. The number of hydrogen-bond acceptors (Lipinski definition) is 3. The van der Waals surface area contributed by atoms with Gasteiger partial charge in [0, 0.05) is 5.56 Å². The number of carbonyl (C=O) groups is 1. The molecule has 0 fully saturated rings. The normalized spacial score (nSPS) is 9.73. The van der Waals surface area contributed by atoms with E-state index in [2.05, 4.69) is 37.5 Å². The van der Waals surface area contributed by atoms with Gasteiger partial charge in [-0.05, 0) is 29.5 Å². The first-order chi connectivity index (χ1) is 5.16. The Hall–Kier alpha value is -0.590. The standard InChI is InChI=1S/C6H7IN2O2/c1-3-4(6(10)11-2)8-9-5(3)7/h1-2H3,(H,8,9). The van der Waals surface area contributed by atoms with Crippen LogP contribution < -0.4 is 0 Å². The average molecular weight is 266 g/mol. The van der Waals surface area contributed by atoms with Crippen molar-refractivity contribution in [1.29, 1.82) is 0 Å². The molecule has 0 amide bonds. The highest BCUT2D eigenvalue weighted by Crippen LogP contribution is 2.12.